The fraction of sp³-hybridized carbons (Fsp3) is 0.556. The highest BCUT2D eigenvalue weighted by Crippen LogP contribution is 2.17. The van der Waals surface area contributed by atoms with Crippen LogP contribution in [0.2, 0.25) is 0 Å². The van der Waals surface area contributed by atoms with Gasteiger partial charge in [0.2, 0.25) is 0 Å². The molecule has 0 bridgehead atoms. The number of hydrogen-bond acceptors (Lipinski definition) is 4. The zero-order chi connectivity index (χ0) is 10.4. The quantitative estimate of drug-likeness (QED) is 0.577. The third-order valence-corrected chi connectivity index (χ3v) is 2.62. The summed E-state index contributed by atoms with van der Waals surface area (Å²) in [7, 11) is 0. The van der Waals surface area contributed by atoms with Crippen LogP contribution < -0.4 is 10.9 Å². The molecule has 0 atom stereocenters. The minimum absolute atomic E-state index is 0.0773. The standard InChI is InChI=1S/C9H15N3OS/c1-3-4-5-10-8-7(14-2)9(13)12-6-11-8/h6H,3-5H2,1-2H3,(H2,10,11,12,13). The fourth-order valence-corrected chi connectivity index (χ4v) is 1.65. The number of H-pyrrole nitrogens is 1. The predicted octanol–water partition coefficient (Wildman–Crippen LogP) is 1.70. The van der Waals surface area contributed by atoms with E-state index in [0.29, 0.717) is 10.7 Å². The molecule has 1 aromatic heterocycles. The van der Waals surface area contributed by atoms with E-state index in [2.05, 4.69) is 22.2 Å². The lowest BCUT2D eigenvalue weighted by atomic mass is 10.3. The average Bonchev–Trinajstić information content (AvgIpc) is 2.18. The molecule has 0 fully saturated rings. The van der Waals surface area contributed by atoms with Gasteiger partial charge >= 0.3 is 0 Å². The van der Waals surface area contributed by atoms with Gasteiger partial charge < -0.3 is 10.3 Å². The summed E-state index contributed by atoms with van der Waals surface area (Å²) in [5.74, 6) is 0.690. The van der Waals surface area contributed by atoms with Gasteiger partial charge in [-0.15, -0.1) is 11.8 Å². The van der Waals surface area contributed by atoms with Crippen LogP contribution >= 0.6 is 11.8 Å². The zero-order valence-corrected chi connectivity index (χ0v) is 9.28. The molecule has 0 aromatic carbocycles. The molecule has 0 aliphatic heterocycles. The summed E-state index contributed by atoms with van der Waals surface area (Å²) in [6.07, 6.45) is 5.51. The molecular weight excluding hydrogens is 198 g/mol. The highest BCUT2D eigenvalue weighted by Gasteiger charge is 2.05. The van der Waals surface area contributed by atoms with Crippen LogP contribution in [0.15, 0.2) is 16.0 Å². The number of hydrogen-bond donors (Lipinski definition) is 2. The summed E-state index contributed by atoms with van der Waals surface area (Å²) in [6, 6.07) is 0. The zero-order valence-electron chi connectivity index (χ0n) is 8.46. The number of aromatic amines is 1. The molecule has 5 heteroatoms. The molecular formula is C9H15N3OS. The second kappa shape index (κ2) is 5.70. The topological polar surface area (TPSA) is 57.8 Å². The predicted molar refractivity (Wildman–Crippen MR) is 60.0 cm³/mol. The summed E-state index contributed by atoms with van der Waals surface area (Å²) in [6.45, 7) is 2.99. The van der Waals surface area contributed by atoms with Gasteiger partial charge in [-0.2, -0.15) is 0 Å². The highest BCUT2D eigenvalue weighted by atomic mass is 32.2. The van der Waals surface area contributed by atoms with Gasteiger partial charge in [0.15, 0.2) is 0 Å². The molecule has 0 aliphatic carbocycles. The molecule has 1 rings (SSSR count). The van der Waals surface area contributed by atoms with Crippen molar-refractivity contribution in [1.82, 2.24) is 9.97 Å². The Hall–Kier alpha value is -0.970. The van der Waals surface area contributed by atoms with E-state index in [1.165, 1.54) is 18.1 Å². The van der Waals surface area contributed by atoms with Crippen molar-refractivity contribution in [2.75, 3.05) is 18.1 Å². The van der Waals surface area contributed by atoms with Gasteiger partial charge in [-0.25, -0.2) is 4.98 Å². The second-order valence-corrected chi connectivity index (χ2v) is 3.71. The summed E-state index contributed by atoms with van der Waals surface area (Å²) < 4.78 is 0. The van der Waals surface area contributed by atoms with Crippen molar-refractivity contribution in [3.05, 3.63) is 16.7 Å². The van der Waals surface area contributed by atoms with Crippen LogP contribution in [-0.4, -0.2) is 22.8 Å². The third kappa shape index (κ3) is 2.77. The van der Waals surface area contributed by atoms with Gasteiger partial charge in [0.05, 0.1) is 6.33 Å². The fourth-order valence-electron chi connectivity index (χ4n) is 1.09. The first-order valence-corrected chi connectivity index (χ1v) is 5.87. The van der Waals surface area contributed by atoms with Crippen molar-refractivity contribution >= 4 is 17.6 Å². The largest absolute Gasteiger partial charge is 0.369 e. The van der Waals surface area contributed by atoms with Crippen molar-refractivity contribution in [3.63, 3.8) is 0 Å². The van der Waals surface area contributed by atoms with Gasteiger partial charge in [-0.05, 0) is 12.7 Å². The lowest BCUT2D eigenvalue weighted by Gasteiger charge is -2.06. The van der Waals surface area contributed by atoms with E-state index >= 15 is 0 Å². The number of nitrogens with zero attached hydrogens (tertiary/aromatic N) is 1. The van der Waals surface area contributed by atoms with Crippen LogP contribution in [0, 0.1) is 0 Å². The van der Waals surface area contributed by atoms with Crippen molar-refractivity contribution < 1.29 is 0 Å². The van der Waals surface area contributed by atoms with Gasteiger partial charge in [-0.3, -0.25) is 4.79 Å². The normalized spacial score (nSPS) is 10.1. The van der Waals surface area contributed by atoms with Crippen molar-refractivity contribution in [2.45, 2.75) is 24.7 Å². The number of aromatic nitrogens is 2. The molecule has 0 spiro atoms. The molecule has 0 amide bonds. The van der Waals surface area contributed by atoms with Crippen molar-refractivity contribution in [3.8, 4) is 0 Å². The number of anilines is 1. The molecule has 1 aromatic rings. The molecule has 78 valence electrons. The van der Waals surface area contributed by atoms with Crippen LogP contribution in [0.25, 0.3) is 0 Å². The summed E-state index contributed by atoms with van der Waals surface area (Å²) >= 11 is 1.41. The maximum absolute atomic E-state index is 11.3. The SMILES string of the molecule is CCCCNc1nc[nH]c(=O)c1SC. The maximum Gasteiger partial charge on any atom is 0.266 e. The van der Waals surface area contributed by atoms with Crippen LogP contribution in [0.3, 0.4) is 0 Å². The van der Waals surface area contributed by atoms with Crippen LogP contribution in [0.5, 0.6) is 0 Å². The van der Waals surface area contributed by atoms with E-state index in [1.54, 1.807) is 0 Å². The van der Waals surface area contributed by atoms with E-state index < -0.39 is 0 Å². The Bertz CT molecular complexity index is 337. The molecule has 2 N–H and O–H groups in total. The van der Waals surface area contributed by atoms with E-state index in [4.69, 9.17) is 0 Å². The minimum Gasteiger partial charge on any atom is -0.369 e. The molecule has 0 radical (unpaired) electrons. The number of unbranched alkanes of at least 4 members (excludes halogenated alkanes) is 1. The van der Waals surface area contributed by atoms with Crippen molar-refractivity contribution in [2.24, 2.45) is 0 Å². The Morgan fingerprint density at radius 2 is 2.43 bits per heavy atom. The van der Waals surface area contributed by atoms with Crippen LogP contribution in [0.4, 0.5) is 5.82 Å². The lowest BCUT2D eigenvalue weighted by molar-refractivity contribution is 0.826. The van der Waals surface area contributed by atoms with E-state index in [0.717, 1.165) is 19.4 Å². The molecule has 14 heavy (non-hydrogen) atoms. The van der Waals surface area contributed by atoms with Gasteiger partial charge in [0.1, 0.15) is 10.7 Å². The van der Waals surface area contributed by atoms with E-state index in [-0.39, 0.29) is 5.56 Å². The van der Waals surface area contributed by atoms with Crippen molar-refractivity contribution in [1.29, 1.82) is 0 Å². The van der Waals surface area contributed by atoms with Gasteiger partial charge in [0.25, 0.3) is 5.56 Å². The summed E-state index contributed by atoms with van der Waals surface area (Å²) in [4.78, 5) is 18.7. The Morgan fingerprint density at radius 3 is 3.07 bits per heavy atom. The second-order valence-electron chi connectivity index (χ2n) is 2.89. The Morgan fingerprint density at radius 1 is 1.64 bits per heavy atom. The third-order valence-electron chi connectivity index (χ3n) is 1.84. The first-order valence-electron chi connectivity index (χ1n) is 4.65. The number of thioether (sulfide) groups is 1. The summed E-state index contributed by atoms with van der Waals surface area (Å²) in [5, 5.41) is 3.15. The molecule has 4 nitrogen and oxygen atoms in total. The highest BCUT2D eigenvalue weighted by molar-refractivity contribution is 7.98. The Kier molecular flexibility index (Phi) is 4.52. The minimum atomic E-state index is -0.0773. The first kappa shape index (κ1) is 11.1. The van der Waals surface area contributed by atoms with Crippen LogP contribution in [-0.2, 0) is 0 Å². The first-order chi connectivity index (χ1) is 6.79. The van der Waals surface area contributed by atoms with Gasteiger partial charge in [-0.1, -0.05) is 13.3 Å². The molecule has 0 saturated heterocycles. The van der Waals surface area contributed by atoms with E-state index in [1.807, 2.05) is 6.26 Å². The lowest BCUT2D eigenvalue weighted by Crippen LogP contribution is -2.14. The number of rotatable bonds is 5. The van der Waals surface area contributed by atoms with E-state index in [9.17, 15) is 4.79 Å². The number of nitrogens with one attached hydrogen (secondary N) is 2. The van der Waals surface area contributed by atoms with Gasteiger partial charge in [0, 0.05) is 6.54 Å². The summed E-state index contributed by atoms with van der Waals surface area (Å²) in [5.41, 5.74) is -0.0773. The maximum atomic E-state index is 11.3. The Balaban J connectivity index is 2.75. The molecule has 1 heterocycles. The molecule has 0 unspecified atom stereocenters. The average molecular weight is 213 g/mol. The molecule has 0 aliphatic rings. The Labute approximate surface area is 87.5 Å². The smallest absolute Gasteiger partial charge is 0.266 e. The van der Waals surface area contributed by atoms with Crippen LogP contribution in [0.1, 0.15) is 19.8 Å². The molecule has 0 saturated carbocycles. The monoisotopic (exact) mass is 213 g/mol.